The summed E-state index contributed by atoms with van der Waals surface area (Å²) in [6, 6.07) is 8.53. The van der Waals surface area contributed by atoms with Crippen molar-refractivity contribution in [1.82, 2.24) is 9.80 Å². The van der Waals surface area contributed by atoms with E-state index in [0.717, 1.165) is 12.0 Å². The van der Waals surface area contributed by atoms with Gasteiger partial charge in [0.15, 0.2) is 0 Å². The second-order valence-corrected chi connectivity index (χ2v) is 12.1. The van der Waals surface area contributed by atoms with Crippen LogP contribution in [0.1, 0.15) is 45.6 Å². The molecule has 1 N–H and O–H groups in total. The summed E-state index contributed by atoms with van der Waals surface area (Å²) in [4.78, 5) is 45.0. The fourth-order valence-corrected chi connectivity index (χ4v) is 8.64. The maximum absolute atomic E-state index is 14.4. The first kappa shape index (κ1) is 26.7. The summed E-state index contributed by atoms with van der Waals surface area (Å²) in [5, 5.41) is 10.4. The molecule has 1 aromatic rings. The molecule has 0 saturated carbocycles. The molecular weight excluding hydrogens is 476 g/mol. The minimum Gasteiger partial charge on any atom is -0.466 e. The normalized spacial score (nSPS) is 29.4. The third kappa shape index (κ3) is 4.58. The molecule has 2 amide bonds. The Morgan fingerprint density at radius 3 is 2.67 bits per heavy atom. The van der Waals surface area contributed by atoms with Gasteiger partial charge in [-0.2, -0.15) is 0 Å². The van der Waals surface area contributed by atoms with Crippen molar-refractivity contribution in [2.45, 2.75) is 68.7 Å². The van der Waals surface area contributed by atoms with Crippen LogP contribution in [0.15, 0.2) is 43.0 Å². The molecule has 8 heteroatoms. The smallest absolute Gasteiger partial charge is 0.310 e. The lowest BCUT2D eigenvalue weighted by atomic mass is 9.71. The number of amides is 2. The van der Waals surface area contributed by atoms with Crippen LogP contribution in [0.5, 0.6) is 0 Å². The van der Waals surface area contributed by atoms with E-state index in [1.165, 1.54) is 0 Å². The highest BCUT2D eigenvalue weighted by atomic mass is 32.2. The van der Waals surface area contributed by atoms with Gasteiger partial charge >= 0.3 is 5.97 Å². The van der Waals surface area contributed by atoms with Gasteiger partial charge < -0.3 is 19.6 Å². The van der Waals surface area contributed by atoms with Gasteiger partial charge in [0.1, 0.15) is 6.04 Å². The van der Waals surface area contributed by atoms with E-state index >= 15 is 0 Å². The number of likely N-dealkylation sites (tertiary alicyclic amines) is 1. The number of thioether (sulfide) groups is 1. The van der Waals surface area contributed by atoms with Crippen LogP contribution in [0, 0.1) is 17.8 Å². The molecule has 6 atom stereocenters. The van der Waals surface area contributed by atoms with Crippen molar-refractivity contribution in [2.75, 3.05) is 19.8 Å². The summed E-state index contributed by atoms with van der Waals surface area (Å²) in [5.74, 6) is -1.63. The molecule has 3 fully saturated rings. The predicted octanol–water partition coefficient (Wildman–Crippen LogP) is 3.26. The van der Waals surface area contributed by atoms with Crippen molar-refractivity contribution < 1.29 is 24.2 Å². The molecular formula is C28H38N2O5S. The molecule has 3 aliphatic rings. The maximum atomic E-state index is 14.4. The van der Waals surface area contributed by atoms with E-state index < -0.39 is 28.7 Å². The van der Waals surface area contributed by atoms with Crippen LogP contribution in [0.3, 0.4) is 0 Å². The lowest BCUT2D eigenvalue weighted by Gasteiger charge is -2.40. The van der Waals surface area contributed by atoms with Crippen LogP contribution in [-0.4, -0.2) is 74.5 Å². The Bertz CT molecular complexity index is 985. The van der Waals surface area contributed by atoms with E-state index in [1.54, 1.807) is 34.6 Å². The molecule has 0 aromatic heterocycles. The molecule has 36 heavy (non-hydrogen) atoms. The minimum atomic E-state index is -0.746. The number of benzene rings is 1. The third-order valence-electron chi connectivity index (χ3n) is 7.76. The molecule has 1 aromatic carbocycles. The first-order chi connectivity index (χ1) is 17.3. The fraction of sp³-hybridized carbons (Fsp3) is 0.607. The number of nitrogens with zero attached hydrogens (tertiary/aromatic N) is 2. The molecule has 4 rings (SSSR count). The van der Waals surface area contributed by atoms with Gasteiger partial charge in [-0.3, -0.25) is 14.4 Å². The van der Waals surface area contributed by atoms with Gasteiger partial charge in [-0.1, -0.05) is 50.3 Å². The number of carbonyl (C=O) groups is 3. The second-order valence-electron chi connectivity index (χ2n) is 10.5. The number of ether oxygens (including phenoxy) is 1. The van der Waals surface area contributed by atoms with E-state index in [9.17, 15) is 19.5 Å². The van der Waals surface area contributed by atoms with Crippen LogP contribution in [0.2, 0.25) is 0 Å². The van der Waals surface area contributed by atoms with Crippen molar-refractivity contribution in [1.29, 1.82) is 0 Å². The summed E-state index contributed by atoms with van der Waals surface area (Å²) in [6.07, 6.45) is 3.74. The highest BCUT2D eigenvalue weighted by Crippen LogP contribution is 2.67. The largest absolute Gasteiger partial charge is 0.466 e. The minimum absolute atomic E-state index is 0.0323. The van der Waals surface area contributed by atoms with E-state index in [2.05, 4.69) is 6.58 Å². The topological polar surface area (TPSA) is 87.2 Å². The van der Waals surface area contributed by atoms with E-state index in [0.29, 0.717) is 25.9 Å². The zero-order valence-electron chi connectivity index (χ0n) is 21.5. The van der Waals surface area contributed by atoms with E-state index in [4.69, 9.17) is 4.74 Å². The summed E-state index contributed by atoms with van der Waals surface area (Å²) in [5.41, 5.74) is 0.992. The van der Waals surface area contributed by atoms with Gasteiger partial charge in [0.05, 0.1) is 35.8 Å². The van der Waals surface area contributed by atoms with Crippen LogP contribution in [0.4, 0.5) is 0 Å². The quantitative estimate of drug-likeness (QED) is 0.360. The maximum Gasteiger partial charge on any atom is 0.310 e. The molecule has 2 unspecified atom stereocenters. The summed E-state index contributed by atoms with van der Waals surface area (Å²) < 4.78 is 4.70. The average Bonchev–Trinajstić information content (AvgIpc) is 3.50. The number of hydrogen-bond donors (Lipinski definition) is 1. The van der Waals surface area contributed by atoms with Crippen molar-refractivity contribution >= 4 is 29.5 Å². The number of hydrogen-bond acceptors (Lipinski definition) is 6. The molecule has 2 bridgehead atoms. The van der Waals surface area contributed by atoms with Crippen LogP contribution in [-0.2, 0) is 25.7 Å². The monoisotopic (exact) mass is 514 g/mol. The Balaban J connectivity index is 1.76. The molecule has 3 heterocycles. The molecule has 0 aliphatic carbocycles. The van der Waals surface area contributed by atoms with Gasteiger partial charge in [-0.15, -0.1) is 18.3 Å². The lowest BCUT2D eigenvalue weighted by Crippen LogP contribution is -2.57. The fourth-order valence-electron chi connectivity index (χ4n) is 6.46. The van der Waals surface area contributed by atoms with Crippen molar-refractivity contribution in [3.05, 3.63) is 48.6 Å². The number of aliphatic hydroxyl groups excluding tert-OH is 1. The third-order valence-corrected chi connectivity index (χ3v) is 9.71. The van der Waals surface area contributed by atoms with Gasteiger partial charge in [0.25, 0.3) is 0 Å². The highest BCUT2D eigenvalue weighted by molar-refractivity contribution is 8.02. The zero-order valence-corrected chi connectivity index (χ0v) is 22.3. The number of aliphatic hydroxyl groups is 1. The Labute approximate surface area is 218 Å². The van der Waals surface area contributed by atoms with Gasteiger partial charge in [0.2, 0.25) is 11.8 Å². The average molecular weight is 515 g/mol. The van der Waals surface area contributed by atoms with Gasteiger partial charge in [-0.05, 0) is 37.7 Å². The Morgan fingerprint density at radius 2 is 2.06 bits per heavy atom. The Hall–Kier alpha value is -2.32. The lowest BCUT2D eigenvalue weighted by molar-refractivity contribution is -0.154. The van der Waals surface area contributed by atoms with Crippen LogP contribution < -0.4 is 0 Å². The van der Waals surface area contributed by atoms with Gasteiger partial charge in [0, 0.05) is 18.3 Å². The van der Waals surface area contributed by atoms with Crippen molar-refractivity contribution in [3.63, 3.8) is 0 Å². The molecule has 7 nitrogen and oxygen atoms in total. The van der Waals surface area contributed by atoms with Crippen molar-refractivity contribution in [3.8, 4) is 0 Å². The van der Waals surface area contributed by atoms with Crippen LogP contribution in [0.25, 0.3) is 0 Å². The second kappa shape index (κ2) is 11.0. The standard InChI is InChI=1S/C28H38N2O5S/c1-5-14-29(16-19-10-8-7-9-11-19)26(33)24-28-13-12-21(36-28)22(27(34)35-6-2)23(28)25(32)30(24)20(17-31)15-18(3)4/h5,7-11,18,20-24,31H,1,6,12-17H2,2-4H3/t20-,21-,22+,23+,24?,28?/m1/s1. The zero-order chi connectivity index (χ0) is 26.0. The van der Waals surface area contributed by atoms with Crippen LogP contribution >= 0.6 is 11.8 Å². The Kier molecular flexibility index (Phi) is 8.15. The Morgan fingerprint density at radius 1 is 1.33 bits per heavy atom. The van der Waals surface area contributed by atoms with E-state index in [1.807, 2.05) is 44.2 Å². The first-order valence-corrected chi connectivity index (χ1v) is 13.9. The van der Waals surface area contributed by atoms with Crippen molar-refractivity contribution in [2.24, 2.45) is 17.8 Å². The number of esters is 1. The molecule has 1 spiro atoms. The molecule has 3 saturated heterocycles. The molecule has 3 aliphatic heterocycles. The molecule has 0 radical (unpaired) electrons. The number of rotatable bonds is 11. The number of carbonyl (C=O) groups excluding carboxylic acids is 3. The first-order valence-electron chi connectivity index (χ1n) is 13.0. The number of fused-ring (bicyclic) bond motifs is 1. The summed E-state index contributed by atoms with van der Waals surface area (Å²) in [7, 11) is 0. The summed E-state index contributed by atoms with van der Waals surface area (Å²) in [6.45, 7) is 10.5. The molecule has 196 valence electrons. The predicted molar refractivity (Wildman–Crippen MR) is 140 cm³/mol. The SMILES string of the molecule is C=CCN(Cc1ccccc1)C(=O)C1N([C@@H](CO)CC(C)C)C(=O)[C@@H]2[C@@H](C(=O)OCC)[C@H]3CCC12S3. The summed E-state index contributed by atoms with van der Waals surface area (Å²) >= 11 is 1.63. The van der Waals surface area contributed by atoms with E-state index in [-0.39, 0.29) is 42.2 Å². The highest BCUT2D eigenvalue weighted by Gasteiger charge is 2.74. The van der Waals surface area contributed by atoms with Gasteiger partial charge in [-0.25, -0.2) is 0 Å².